The standard InChI is InChI=1S/C71H103N7O22/c1-38-27-48-15-17-53-39(2)28-47(95-53)13-14-50-32-57(89-6)67(98-50)60-35-58(90-7)66-54(99-60)18-16-49(97-66)29-45(79)30-51-56(34-55(96-48)40(38)3)100-59(65(51)91-8)31-46(80)36-73-71(88)94-37-43-9-11-44(12-10-43)76-70(87)52(33-61(72)81)77-69(86)42(5)75-68(85)41(4)74-62(82)21-23-92-25-26-93-24-22-78-63(83)19-20-64(78)84/h9-12,19-20,38,41-42,46-60,65-67,80H,2-3,13-18,21-37H2,1,4-8H3,(H2,72,81)(H,73,88)(H,74,82)(H,75,85)(H,76,87)(H,77,86)/t38-,41+,42+,46+,47+,48+,49-,50-,51+,52+,53+,54+,55-,56+,57-,58-,59-,60?,65-,66+,67+/m1/s1. The van der Waals surface area contributed by atoms with Gasteiger partial charge in [0.05, 0.1) is 125 Å². The monoisotopic (exact) mass is 1410 g/mol. The number of hydrogen-bond acceptors (Lipinski definition) is 22. The van der Waals surface area contributed by atoms with Crippen molar-refractivity contribution in [1.29, 1.82) is 0 Å². The van der Waals surface area contributed by atoms with Gasteiger partial charge in [-0.25, -0.2) is 4.79 Å². The zero-order valence-corrected chi connectivity index (χ0v) is 58.3. The Hall–Kier alpha value is -6.61. The van der Waals surface area contributed by atoms with E-state index in [9.17, 15) is 48.3 Å². The van der Waals surface area contributed by atoms with Crippen molar-refractivity contribution in [1.82, 2.24) is 26.2 Å². The molecule has 10 aliphatic rings. The van der Waals surface area contributed by atoms with Gasteiger partial charge in [-0.05, 0) is 100.0 Å². The molecule has 100 heavy (non-hydrogen) atoms. The third kappa shape index (κ3) is 21.5. The lowest BCUT2D eigenvalue weighted by Gasteiger charge is -2.47. The van der Waals surface area contributed by atoms with E-state index >= 15 is 0 Å². The molecule has 1 aromatic rings. The Balaban J connectivity index is 0.731. The number of primary amides is 1. The van der Waals surface area contributed by atoms with Gasteiger partial charge >= 0.3 is 6.09 Å². The molecular formula is C71H103N7O22. The Morgan fingerprint density at radius 1 is 0.660 bits per heavy atom. The van der Waals surface area contributed by atoms with Crippen LogP contribution in [0.5, 0.6) is 0 Å². The van der Waals surface area contributed by atoms with Gasteiger partial charge in [0, 0.05) is 96.6 Å². The zero-order chi connectivity index (χ0) is 71.7. The topological polar surface area (TPSA) is 374 Å². The van der Waals surface area contributed by atoms with E-state index < -0.39 is 102 Å². The second-order valence-corrected chi connectivity index (χ2v) is 27.7. The Kier molecular flexibility index (Phi) is 28.7. The van der Waals surface area contributed by atoms with Crippen molar-refractivity contribution in [3.63, 3.8) is 0 Å². The number of carbonyl (C=O) groups is 9. The minimum absolute atomic E-state index is 0.00155. The first-order chi connectivity index (χ1) is 47.9. The molecular weight excluding hydrogens is 1300 g/mol. The van der Waals surface area contributed by atoms with Gasteiger partial charge in [-0.15, -0.1) is 0 Å². The lowest BCUT2D eigenvalue weighted by atomic mass is 9.81. The van der Waals surface area contributed by atoms with Crippen LogP contribution in [0.15, 0.2) is 60.7 Å². The van der Waals surface area contributed by atoms with E-state index in [2.05, 4.69) is 46.7 Å². The molecule has 9 fully saturated rings. The van der Waals surface area contributed by atoms with Gasteiger partial charge < -0.3 is 94.3 Å². The molecule has 10 heterocycles. The Morgan fingerprint density at radius 2 is 1.29 bits per heavy atom. The molecule has 29 heteroatoms. The Bertz CT molecular complexity index is 3040. The smallest absolute Gasteiger partial charge is 0.407 e. The highest BCUT2D eigenvalue weighted by Gasteiger charge is 2.52. The molecule has 0 aliphatic carbocycles. The van der Waals surface area contributed by atoms with Crippen molar-refractivity contribution in [2.24, 2.45) is 17.6 Å². The van der Waals surface area contributed by atoms with Crippen LogP contribution in [-0.2, 0) is 102 Å². The third-order valence-corrected chi connectivity index (χ3v) is 20.3. The van der Waals surface area contributed by atoms with Gasteiger partial charge in [0.2, 0.25) is 29.5 Å². The number of alkyl carbamates (subject to hydrolysis) is 1. The first-order valence-electron chi connectivity index (χ1n) is 35.2. The van der Waals surface area contributed by atoms with Crippen molar-refractivity contribution in [2.75, 3.05) is 66.2 Å². The number of rotatable bonds is 27. The number of nitrogens with one attached hydrogen (secondary N) is 5. The molecule has 21 atom stereocenters. The first-order valence-corrected chi connectivity index (χ1v) is 35.2. The van der Waals surface area contributed by atoms with E-state index in [1.165, 1.54) is 38.1 Å². The maximum Gasteiger partial charge on any atom is 0.407 e. The minimum atomic E-state index is -1.45. The van der Waals surface area contributed by atoms with Crippen molar-refractivity contribution in [3.05, 3.63) is 66.3 Å². The van der Waals surface area contributed by atoms with Gasteiger partial charge in [-0.1, -0.05) is 32.2 Å². The van der Waals surface area contributed by atoms with E-state index in [-0.39, 0.29) is 162 Å². The molecule has 8 amide bonds. The summed E-state index contributed by atoms with van der Waals surface area (Å²) in [4.78, 5) is 116. The molecule has 10 aliphatic heterocycles. The van der Waals surface area contributed by atoms with E-state index in [4.69, 9.17) is 62.6 Å². The van der Waals surface area contributed by atoms with Crippen LogP contribution in [0.25, 0.3) is 0 Å². The predicted molar refractivity (Wildman–Crippen MR) is 357 cm³/mol. The average molecular weight is 1410 g/mol. The highest BCUT2D eigenvalue weighted by Crippen LogP contribution is 2.44. The Morgan fingerprint density at radius 3 is 2.01 bits per heavy atom. The Labute approximate surface area is 583 Å². The minimum Gasteiger partial charge on any atom is -0.445 e. The molecule has 1 unspecified atom stereocenters. The van der Waals surface area contributed by atoms with Gasteiger partial charge in [-0.2, -0.15) is 0 Å². The number of hydrogen-bond donors (Lipinski definition) is 7. The van der Waals surface area contributed by atoms with E-state index in [1.807, 2.05) is 0 Å². The summed E-state index contributed by atoms with van der Waals surface area (Å²) < 4.78 is 75.2. The SMILES string of the molecule is C=C1C[C@@H]2CC[C@@H]3C[C@@H](OC)[C@H](O3)C3C[C@@H](OC)[C@H]4O[C@H](CC[C@@H]4O3)CC(=O)C[C@@H]3[C@@H](OC)[C@@H](C[C@H](O)CNC(=O)OCc4ccc(NC(=O)[C@H](CC(N)=O)NC(=O)[C@H](C)NC(=O)[C@H](C)NC(=O)CCOCCOCCN5C(=O)C=CC5=O)cc4)O[C@H]3C[C@H]3O[C@@H](CC[C@@H]1O2)C[C@@H](C)C3=C. The summed E-state index contributed by atoms with van der Waals surface area (Å²) in [5, 5.41) is 24.2. The van der Waals surface area contributed by atoms with Gasteiger partial charge in [0.15, 0.2) is 0 Å². The fraction of sp³-hybridized carbons (Fsp3) is 0.704. The van der Waals surface area contributed by atoms with Crippen LogP contribution in [0.4, 0.5) is 10.5 Å². The fourth-order valence-corrected chi connectivity index (χ4v) is 14.8. The number of benzene rings is 1. The molecule has 29 nitrogen and oxygen atoms in total. The molecule has 0 spiro atoms. The number of anilines is 1. The number of Topliss-reactive ketones (excluding diaryl/α,β-unsaturated/α-hetero) is 1. The van der Waals surface area contributed by atoms with Crippen LogP contribution < -0.4 is 32.3 Å². The summed E-state index contributed by atoms with van der Waals surface area (Å²) in [5.41, 5.74) is 8.25. The van der Waals surface area contributed by atoms with Gasteiger partial charge in [0.1, 0.15) is 42.7 Å². The van der Waals surface area contributed by atoms with Crippen molar-refractivity contribution < 1.29 is 105 Å². The van der Waals surface area contributed by atoms with Crippen LogP contribution in [0.1, 0.15) is 129 Å². The summed E-state index contributed by atoms with van der Waals surface area (Å²) in [6.45, 7) is 14.0. The van der Waals surface area contributed by atoms with Crippen molar-refractivity contribution in [3.8, 4) is 0 Å². The maximum atomic E-state index is 14.5. The zero-order valence-electron chi connectivity index (χ0n) is 58.3. The van der Waals surface area contributed by atoms with Crippen LogP contribution in [-0.4, -0.2) is 240 Å². The third-order valence-electron chi connectivity index (χ3n) is 20.3. The molecule has 8 N–H and O–H groups in total. The molecule has 554 valence electrons. The molecule has 0 aromatic heterocycles. The normalized spacial score (nSPS) is 32.0. The number of ketones is 1. The summed E-state index contributed by atoms with van der Waals surface area (Å²) in [5.74, 6) is -4.87. The summed E-state index contributed by atoms with van der Waals surface area (Å²) >= 11 is 0. The number of amides is 8. The predicted octanol–water partition coefficient (Wildman–Crippen LogP) is 2.99. The van der Waals surface area contributed by atoms with E-state index in [1.54, 1.807) is 33.5 Å². The summed E-state index contributed by atoms with van der Waals surface area (Å²) in [7, 11) is 4.98. The highest BCUT2D eigenvalue weighted by atomic mass is 16.6. The fourth-order valence-electron chi connectivity index (χ4n) is 14.8. The lowest BCUT2D eigenvalue weighted by Crippen LogP contribution is -2.57. The average Bonchev–Trinajstić information content (AvgIpc) is 1.55. The number of nitrogens with zero attached hydrogens (tertiary/aromatic N) is 1. The number of aliphatic hydroxyl groups excluding tert-OH is 1. The highest BCUT2D eigenvalue weighted by molar-refractivity contribution is 6.12. The molecule has 0 radical (unpaired) electrons. The van der Waals surface area contributed by atoms with Crippen LogP contribution in [0.2, 0.25) is 0 Å². The molecule has 1 aromatic carbocycles. The number of aliphatic hydroxyl groups is 1. The molecule has 10 bridgehead atoms. The molecule has 9 saturated heterocycles. The van der Waals surface area contributed by atoms with Gasteiger partial charge in [-0.3, -0.25) is 43.3 Å². The lowest BCUT2D eigenvalue weighted by molar-refractivity contribution is -0.252. The number of imide groups is 1. The van der Waals surface area contributed by atoms with Crippen LogP contribution in [0.3, 0.4) is 0 Å². The second-order valence-electron chi connectivity index (χ2n) is 27.7. The van der Waals surface area contributed by atoms with Crippen molar-refractivity contribution in [2.45, 2.75) is 246 Å². The van der Waals surface area contributed by atoms with E-state index in [0.717, 1.165) is 61.0 Å². The number of ether oxygens (including phenoxy) is 12. The maximum absolute atomic E-state index is 14.5. The number of fused-ring (bicyclic) bond motifs is 2. The van der Waals surface area contributed by atoms with Crippen molar-refractivity contribution >= 4 is 58.9 Å². The molecule has 0 saturated carbocycles. The summed E-state index contributed by atoms with van der Waals surface area (Å²) in [6, 6.07) is 2.42. The molecule has 11 rings (SSSR count). The number of methoxy groups -OCH3 is 3. The number of carbonyl (C=O) groups excluding carboxylic acids is 9. The first kappa shape index (κ1) is 77.5. The summed E-state index contributed by atoms with van der Waals surface area (Å²) in [6.07, 6.45) is 3.56. The van der Waals surface area contributed by atoms with Crippen LogP contribution >= 0.6 is 0 Å². The van der Waals surface area contributed by atoms with Gasteiger partial charge in [0.25, 0.3) is 11.8 Å². The van der Waals surface area contributed by atoms with Crippen LogP contribution in [0, 0.1) is 11.8 Å². The largest absolute Gasteiger partial charge is 0.445 e. The quantitative estimate of drug-likeness (QED) is 0.0378. The number of nitrogens with two attached hydrogens (primary N) is 1. The second kappa shape index (κ2) is 37.0. The van der Waals surface area contributed by atoms with E-state index in [0.29, 0.717) is 31.2 Å².